The van der Waals surface area contributed by atoms with E-state index in [0.29, 0.717) is 25.3 Å². The van der Waals surface area contributed by atoms with Crippen molar-refractivity contribution >= 4 is 17.1 Å². The summed E-state index contributed by atoms with van der Waals surface area (Å²) in [6.45, 7) is 3.25. The van der Waals surface area contributed by atoms with E-state index in [9.17, 15) is 9.90 Å². The summed E-state index contributed by atoms with van der Waals surface area (Å²) in [7, 11) is 0. The first-order chi connectivity index (χ1) is 19.1. The molecule has 0 spiro atoms. The molecule has 204 valence electrons. The van der Waals surface area contributed by atoms with E-state index in [1.165, 1.54) is 0 Å². The Balaban J connectivity index is 1.26. The summed E-state index contributed by atoms with van der Waals surface area (Å²) in [6.07, 6.45) is 4.51. The molecule has 9 nitrogen and oxygen atoms in total. The Hall–Kier alpha value is -3.95. The van der Waals surface area contributed by atoms with Crippen molar-refractivity contribution < 1.29 is 24.1 Å². The summed E-state index contributed by atoms with van der Waals surface area (Å²) in [5.41, 5.74) is 4.14. The van der Waals surface area contributed by atoms with Crippen LogP contribution in [0.1, 0.15) is 50.0 Å². The van der Waals surface area contributed by atoms with Gasteiger partial charge in [0.2, 0.25) is 0 Å². The minimum absolute atomic E-state index is 0.0455. The minimum Gasteiger partial charge on any atom is -0.489 e. The lowest BCUT2D eigenvalue weighted by atomic mass is 10.1. The van der Waals surface area contributed by atoms with E-state index in [0.717, 1.165) is 52.7 Å². The molecule has 0 aliphatic carbocycles. The molecule has 0 bridgehead atoms. The molecule has 2 aromatic carbocycles. The van der Waals surface area contributed by atoms with Crippen LogP contribution in [0.15, 0.2) is 66.9 Å². The number of aliphatic hydroxyl groups excluding tert-OH is 1. The predicted octanol–water partition coefficient (Wildman–Crippen LogP) is 5.37. The summed E-state index contributed by atoms with van der Waals surface area (Å²) in [6, 6.07) is 19.2. The van der Waals surface area contributed by atoms with Gasteiger partial charge in [0, 0.05) is 25.1 Å². The van der Waals surface area contributed by atoms with E-state index in [2.05, 4.69) is 5.32 Å². The molecule has 5 rings (SSSR count). The zero-order chi connectivity index (χ0) is 27.0. The van der Waals surface area contributed by atoms with Crippen molar-refractivity contribution in [3.8, 4) is 17.0 Å². The Kier molecular flexibility index (Phi) is 8.70. The van der Waals surface area contributed by atoms with Crippen LogP contribution in [0.2, 0.25) is 0 Å². The maximum atomic E-state index is 12.0. The van der Waals surface area contributed by atoms with Gasteiger partial charge >= 0.3 is 6.09 Å². The Bertz CT molecular complexity index is 1380. The standard InChI is InChI=1S/C30H34N4O5/c1-21(13-14-31-30(36)38-20-22-8-3-2-4-9-22)39-25-17-26-28(24-11-7-10-23(16-24)19-35)33-34(29(26)32-18-25)27-12-5-6-15-37-27/h2-4,7-11,16-18,21,27,35H,5-6,12-15,19-20H2,1H3,(H,31,36)/t21-,27?/m1/s1. The second-order valence-electron chi connectivity index (χ2n) is 9.72. The third-order valence-corrected chi connectivity index (χ3v) is 6.70. The number of aliphatic hydroxyl groups is 1. The number of rotatable bonds is 10. The Morgan fingerprint density at radius 2 is 2.00 bits per heavy atom. The fourth-order valence-corrected chi connectivity index (χ4v) is 4.66. The lowest BCUT2D eigenvalue weighted by Gasteiger charge is -2.23. The highest BCUT2D eigenvalue weighted by Crippen LogP contribution is 2.34. The largest absolute Gasteiger partial charge is 0.489 e. The number of aromatic nitrogens is 3. The number of nitrogens with one attached hydrogen (secondary N) is 1. The van der Waals surface area contributed by atoms with Gasteiger partial charge in [-0.3, -0.25) is 0 Å². The number of alkyl carbamates (subject to hydrolysis) is 1. The Labute approximate surface area is 227 Å². The third kappa shape index (κ3) is 6.74. The van der Waals surface area contributed by atoms with Gasteiger partial charge in [-0.15, -0.1) is 0 Å². The molecule has 39 heavy (non-hydrogen) atoms. The number of carbonyl (C=O) groups excluding carboxylic acids is 1. The van der Waals surface area contributed by atoms with E-state index in [4.69, 9.17) is 24.3 Å². The highest BCUT2D eigenvalue weighted by molar-refractivity contribution is 5.92. The molecule has 0 saturated carbocycles. The maximum Gasteiger partial charge on any atom is 0.407 e. The van der Waals surface area contributed by atoms with Gasteiger partial charge in [0.1, 0.15) is 18.1 Å². The molecule has 0 radical (unpaired) electrons. The first-order valence-corrected chi connectivity index (χ1v) is 13.4. The molecule has 1 amide bonds. The molecule has 2 atom stereocenters. The SMILES string of the molecule is C[C@H](CCNC(=O)OCc1ccccc1)Oc1cnc2c(c1)c(-c1cccc(CO)c1)nn2C1CCCCO1. The number of nitrogens with zero attached hydrogens (tertiary/aromatic N) is 3. The monoisotopic (exact) mass is 530 g/mol. The van der Waals surface area contributed by atoms with Crippen LogP contribution < -0.4 is 10.1 Å². The quantitative estimate of drug-likeness (QED) is 0.284. The van der Waals surface area contributed by atoms with Crippen LogP contribution >= 0.6 is 0 Å². The van der Waals surface area contributed by atoms with Crippen LogP contribution in [0.5, 0.6) is 5.75 Å². The smallest absolute Gasteiger partial charge is 0.407 e. The molecular weight excluding hydrogens is 496 g/mol. The van der Waals surface area contributed by atoms with E-state index in [-0.39, 0.29) is 25.5 Å². The van der Waals surface area contributed by atoms with Crippen LogP contribution in [0.4, 0.5) is 4.79 Å². The minimum atomic E-state index is -0.457. The van der Waals surface area contributed by atoms with Gasteiger partial charge in [0.15, 0.2) is 11.9 Å². The fourth-order valence-electron chi connectivity index (χ4n) is 4.66. The van der Waals surface area contributed by atoms with Gasteiger partial charge in [-0.25, -0.2) is 14.5 Å². The molecular formula is C30H34N4O5. The number of ether oxygens (including phenoxy) is 3. The first-order valence-electron chi connectivity index (χ1n) is 13.4. The predicted molar refractivity (Wildman–Crippen MR) is 147 cm³/mol. The highest BCUT2D eigenvalue weighted by atomic mass is 16.5. The van der Waals surface area contributed by atoms with Crippen molar-refractivity contribution in [2.45, 2.75) is 58.2 Å². The molecule has 2 aromatic heterocycles. The molecule has 1 aliphatic rings. The first kappa shape index (κ1) is 26.6. The Morgan fingerprint density at radius 3 is 2.79 bits per heavy atom. The molecule has 1 fully saturated rings. The Morgan fingerprint density at radius 1 is 1.15 bits per heavy atom. The summed E-state index contributed by atoms with van der Waals surface area (Å²) < 4.78 is 19.3. The molecule has 9 heteroatoms. The molecule has 1 saturated heterocycles. The molecule has 4 aromatic rings. The number of fused-ring (bicyclic) bond motifs is 1. The molecule has 2 N–H and O–H groups in total. The topological polar surface area (TPSA) is 108 Å². The fraction of sp³-hybridized carbons (Fsp3) is 0.367. The van der Waals surface area contributed by atoms with Gasteiger partial charge in [0.05, 0.1) is 24.3 Å². The van der Waals surface area contributed by atoms with Crippen LogP contribution in [-0.2, 0) is 22.7 Å². The summed E-state index contributed by atoms with van der Waals surface area (Å²) in [4.78, 5) is 16.8. The van der Waals surface area contributed by atoms with Crippen molar-refractivity contribution in [1.82, 2.24) is 20.1 Å². The molecule has 1 unspecified atom stereocenters. The van der Waals surface area contributed by atoms with Crippen LogP contribution in [0.3, 0.4) is 0 Å². The van der Waals surface area contributed by atoms with Crippen molar-refractivity contribution in [3.05, 3.63) is 78.0 Å². The van der Waals surface area contributed by atoms with Crippen molar-refractivity contribution in [1.29, 1.82) is 0 Å². The summed E-state index contributed by atoms with van der Waals surface area (Å²) >= 11 is 0. The lowest BCUT2D eigenvalue weighted by Crippen LogP contribution is -2.28. The number of amides is 1. The molecule has 3 heterocycles. The van der Waals surface area contributed by atoms with Gasteiger partial charge in [0.25, 0.3) is 0 Å². The van der Waals surface area contributed by atoms with Crippen molar-refractivity contribution in [2.75, 3.05) is 13.2 Å². The van der Waals surface area contributed by atoms with E-state index in [1.807, 2.05) is 72.3 Å². The summed E-state index contributed by atoms with van der Waals surface area (Å²) in [5.74, 6) is 0.616. The van der Waals surface area contributed by atoms with Crippen molar-refractivity contribution in [2.24, 2.45) is 0 Å². The number of carbonyl (C=O) groups is 1. The lowest BCUT2D eigenvalue weighted by molar-refractivity contribution is -0.0368. The summed E-state index contributed by atoms with van der Waals surface area (Å²) in [5, 5.41) is 18.2. The van der Waals surface area contributed by atoms with Crippen LogP contribution in [0, 0.1) is 0 Å². The number of hydrogen-bond donors (Lipinski definition) is 2. The van der Waals surface area contributed by atoms with Crippen LogP contribution in [0.25, 0.3) is 22.3 Å². The van der Waals surface area contributed by atoms with Crippen LogP contribution in [-0.4, -0.2) is 45.2 Å². The van der Waals surface area contributed by atoms with E-state index in [1.54, 1.807) is 6.20 Å². The molecule has 1 aliphatic heterocycles. The number of pyridine rings is 1. The van der Waals surface area contributed by atoms with Gasteiger partial charge < -0.3 is 24.6 Å². The second kappa shape index (κ2) is 12.7. The third-order valence-electron chi connectivity index (χ3n) is 6.70. The van der Waals surface area contributed by atoms with E-state index >= 15 is 0 Å². The second-order valence-corrected chi connectivity index (χ2v) is 9.72. The zero-order valence-corrected chi connectivity index (χ0v) is 22.1. The van der Waals surface area contributed by atoms with Gasteiger partial charge in [-0.1, -0.05) is 48.5 Å². The maximum absolute atomic E-state index is 12.0. The highest BCUT2D eigenvalue weighted by Gasteiger charge is 2.23. The van der Waals surface area contributed by atoms with Crippen molar-refractivity contribution in [3.63, 3.8) is 0 Å². The van der Waals surface area contributed by atoms with E-state index < -0.39 is 6.09 Å². The normalized spacial score (nSPS) is 16.1. The van der Waals surface area contributed by atoms with Gasteiger partial charge in [-0.05, 0) is 49.4 Å². The number of hydrogen-bond acceptors (Lipinski definition) is 7. The van der Waals surface area contributed by atoms with Gasteiger partial charge in [-0.2, -0.15) is 5.10 Å². The zero-order valence-electron chi connectivity index (χ0n) is 22.1. The average molecular weight is 531 g/mol. The average Bonchev–Trinajstić information content (AvgIpc) is 3.36. The number of benzene rings is 2.